The lowest BCUT2D eigenvalue weighted by atomic mass is 10.1. The fourth-order valence-corrected chi connectivity index (χ4v) is 1.38. The summed E-state index contributed by atoms with van der Waals surface area (Å²) in [5.74, 6) is -0.233. The van der Waals surface area contributed by atoms with Gasteiger partial charge in [0.1, 0.15) is 18.0 Å². The third-order valence-electron chi connectivity index (χ3n) is 2.41. The van der Waals surface area contributed by atoms with Gasteiger partial charge in [0.05, 0.1) is 12.0 Å². The van der Waals surface area contributed by atoms with Crippen molar-refractivity contribution in [2.24, 2.45) is 16.5 Å². The zero-order chi connectivity index (χ0) is 16.3. The summed E-state index contributed by atoms with van der Waals surface area (Å²) in [7, 11) is 0. The van der Waals surface area contributed by atoms with Gasteiger partial charge in [0.25, 0.3) is 0 Å². The smallest absolute Gasteiger partial charge is 0.408 e. The Hall–Kier alpha value is -2.29. The van der Waals surface area contributed by atoms with Gasteiger partial charge < -0.3 is 32.2 Å². The number of aliphatic imine (C=N–C) groups is 1. The molecule has 0 aromatic carbocycles. The van der Waals surface area contributed by atoms with E-state index in [1.165, 1.54) is 6.34 Å². The SMILES string of the molecule is CC(C)(C)OC(=O)NCC(=O)NC1=C(N)C(C)(N)N=CN1. The second-order valence-electron chi connectivity index (χ2n) is 5.74. The van der Waals surface area contributed by atoms with Crippen molar-refractivity contribution < 1.29 is 14.3 Å². The predicted molar refractivity (Wildman–Crippen MR) is 77.8 cm³/mol. The summed E-state index contributed by atoms with van der Waals surface area (Å²) >= 11 is 0. The van der Waals surface area contributed by atoms with E-state index in [-0.39, 0.29) is 18.1 Å². The molecule has 9 heteroatoms. The molecule has 0 bridgehead atoms. The third-order valence-corrected chi connectivity index (χ3v) is 2.41. The molecule has 1 aliphatic rings. The zero-order valence-electron chi connectivity index (χ0n) is 12.6. The largest absolute Gasteiger partial charge is 0.444 e. The second-order valence-corrected chi connectivity index (χ2v) is 5.74. The molecule has 0 aromatic heterocycles. The van der Waals surface area contributed by atoms with Crippen LogP contribution >= 0.6 is 0 Å². The summed E-state index contributed by atoms with van der Waals surface area (Å²) in [4.78, 5) is 27.1. The normalized spacial score (nSPS) is 21.6. The molecule has 0 spiro atoms. The first kappa shape index (κ1) is 16.8. The molecule has 2 amide bonds. The van der Waals surface area contributed by atoms with Crippen molar-refractivity contribution in [3.8, 4) is 0 Å². The molecule has 0 saturated heterocycles. The number of nitrogens with two attached hydrogens (primary N) is 2. The van der Waals surface area contributed by atoms with Gasteiger partial charge in [-0.3, -0.25) is 4.79 Å². The lowest BCUT2D eigenvalue weighted by Gasteiger charge is -2.27. The van der Waals surface area contributed by atoms with Crippen LogP contribution in [0.2, 0.25) is 0 Å². The van der Waals surface area contributed by atoms with Gasteiger partial charge in [-0.05, 0) is 27.7 Å². The molecule has 0 radical (unpaired) electrons. The van der Waals surface area contributed by atoms with E-state index < -0.39 is 23.3 Å². The maximum absolute atomic E-state index is 11.7. The number of amides is 2. The van der Waals surface area contributed by atoms with Crippen LogP contribution in [-0.2, 0) is 9.53 Å². The Morgan fingerprint density at radius 3 is 2.67 bits per heavy atom. The Labute approximate surface area is 123 Å². The molecule has 1 atom stereocenters. The van der Waals surface area contributed by atoms with E-state index in [4.69, 9.17) is 16.2 Å². The van der Waals surface area contributed by atoms with Crippen LogP contribution in [0.5, 0.6) is 0 Å². The maximum atomic E-state index is 11.7. The summed E-state index contributed by atoms with van der Waals surface area (Å²) in [6.45, 7) is 6.53. The molecule has 9 nitrogen and oxygen atoms in total. The number of hydrogen-bond donors (Lipinski definition) is 5. The monoisotopic (exact) mass is 298 g/mol. The molecule has 1 aliphatic heterocycles. The van der Waals surface area contributed by atoms with Gasteiger partial charge in [0, 0.05) is 0 Å². The number of nitrogens with zero attached hydrogens (tertiary/aromatic N) is 1. The highest BCUT2D eigenvalue weighted by Gasteiger charge is 2.27. The quantitative estimate of drug-likeness (QED) is 0.455. The fraction of sp³-hybridized carbons (Fsp3) is 0.583. The Kier molecular flexibility index (Phi) is 4.79. The number of rotatable bonds is 3. The van der Waals surface area contributed by atoms with Gasteiger partial charge in [0.2, 0.25) is 5.91 Å². The zero-order valence-corrected chi connectivity index (χ0v) is 12.6. The van der Waals surface area contributed by atoms with Crippen LogP contribution in [-0.4, -0.2) is 36.1 Å². The highest BCUT2D eigenvalue weighted by atomic mass is 16.6. The lowest BCUT2D eigenvalue weighted by Crippen LogP contribution is -2.50. The highest BCUT2D eigenvalue weighted by molar-refractivity contribution is 5.84. The Bertz CT molecular complexity index is 490. The summed E-state index contributed by atoms with van der Waals surface area (Å²) in [6, 6.07) is 0. The van der Waals surface area contributed by atoms with Crippen LogP contribution < -0.4 is 27.4 Å². The van der Waals surface area contributed by atoms with Crippen molar-refractivity contribution in [3.63, 3.8) is 0 Å². The van der Waals surface area contributed by atoms with E-state index in [0.29, 0.717) is 0 Å². The molecule has 21 heavy (non-hydrogen) atoms. The Morgan fingerprint density at radius 2 is 2.10 bits per heavy atom. The minimum Gasteiger partial charge on any atom is -0.444 e. The van der Waals surface area contributed by atoms with Gasteiger partial charge in [-0.15, -0.1) is 0 Å². The standard InChI is InChI=1S/C12H22N6O3/c1-11(2,3)21-10(20)15-5-7(19)18-9-8(13)12(4,14)17-6-16-9/h6H,5,13-14H2,1-4H3,(H,15,20)(H,16,17)(H,18,19). The van der Waals surface area contributed by atoms with Crippen molar-refractivity contribution >= 4 is 18.3 Å². The van der Waals surface area contributed by atoms with Gasteiger partial charge in [-0.1, -0.05) is 0 Å². The van der Waals surface area contributed by atoms with E-state index in [0.717, 1.165) is 0 Å². The molecule has 1 rings (SSSR count). The topological polar surface area (TPSA) is 144 Å². The van der Waals surface area contributed by atoms with E-state index in [1.807, 2.05) is 0 Å². The van der Waals surface area contributed by atoms with Crippen molar-refractivity contribution in [2.45, 2.75) is 39.0 Å². The van der Waals surface area contributed by atoms with E-state index in [9.17, 15) is 9.59 Å². The van der Waals surface area contributed by atoms with Crippen LogP contribution in [0, 0.1) is 0 Å². The van der Waals surface area contributed by atoms with Crippen molar-refractivity contribution in [3.05, 3.63) is 11.5 Å². The molecular weight excluding hydrogens is 276 g/mol. The van der Waals surface area contributed by atoms with Gasteiger partial charge in [-0.2, -0.15) is 0 Å². The number of alkyl carbamates (subject to hydrolysis) is 1. The molecule has 0 aromatic rings. The first-order chi connectivity index (χ1) is 9.51. The summed E-state index contributed by atoms with van der Waals surface area (Å²) in [5.41, 5.74) is 10.1. The number of carbonyl (C=O) groups is 2. The summed E-state index contributed by atoms with van der Waals surface area (Å²) in [6.07, 6.45) is 0.661. The van der Waals surface area contributed by atoms with Gasteiger partial charge in [0.15, 0.2) is 5.66 Å². The lowest BCUT2D eigenvalue weighted by molar-refractivity contribution is -0.119. The Balaban J connectivity index is 2.50. The number of hydrogen-bond acceptors (Lipinski definition) is 7. The maximum Gasteiger partial charge on any atom is 0.408 e. The Morgan fingerprint density at radius 1 is 1.48 bits per heavy atom. The van der Waals surface area contributed by atoms with E-state index in [2.05, 4.69) is 20.9 Å². The molecule has 0 aliphatic carbocycles. The van der Waals surface area contributed by atoms with Crippen LogP contribution in [0.15, 0.2) is 16.5 Å². The van der Waals surface area contributed by atoms with Crippen molar-refractivity contribution in [2.75, 3.05) is 6.54 Å². The average molecular weight is 298 g/mol. The van der Waals surface area contributed by atoms with Crippen LogP contribution in [0.3, 0.4) is 0 Å². The minimum atomic E-state index is -1.09. The summed E-state index contributed by atoms with van der Waals surface area (Å²) in [5, 5.41) is 7.53. The second kappa shape index (κ2) is 6.00. The first-order valence-corrected chi connectivity index (χ1v) is 6.37. The minimum absolute atomic E-state index is 0.190. The number of ether oxygens (including phenoxy) is 1. The average Bonchev–Trinajstić information content (AvgIpc) is 2.30. The van der Waals surface area contributed by atoms with Crippen LogP contribution in [0.25, 0.3) is 0 Å². The number of nitrogens with one attached hydrogen (secondary N) is 3. The van der Waals surface area contributed by atoms with Crippen LogP contribution in [0.4, 0.5) is 4.79 Å². The highest BCUT2D eigenvalue weighted by Crippen LogP contribution is 2.13. The molecule has 0 fully saturated rings. The summed E-state index contributed by atoms with van der Waals surface area (Å²) < 4.78 is 5.01. The van der Waals surface area contributed by atoms with E-state index in [1.54, 1.807) is 27.7 Å². The van der Waals surface area contributed by atoms with Crippen LogP contribution in [0.1, 0.15) is 27.7 Å². The molecule has 7 N–H and O–H groups in total. The number of carbonyl (C=O) groups excluding carboxylic acids is 2. The molecule has 1 heterocycles. The van der Waals surface area contributed by atoms with Crippen molar-refractivity contribution in [1.29, 1.82) is 0 Å². The predicted octanol–water partition coefficient (Wildman–Crippen LogP) is -0.938. The first-order valence-electron chi connectivity index (χ1n) is 6.37. The molecule has 118 valence electrons. The molecule has 1 unspecified atom stereocenters. The fourth-order valence-electron chi connectivity index (χ4n) is 1.38. The molecule has 0 saturated carbocycles. The molecular formula is C12H22N6O3. The van der Waals surface area contributed by atoms with Gasteiger partial charge in [-0.25, -0.2) is 9.79 Å². The van der Waals surface area contributed by atoms with Crippen molar-refractivity contribution in [1.82, 2.24) is 16.0 Å². The third kappa shape index (κ3) is 5.30. The van der Waals surface area contributed by atoms with Gasteiger partial charge >= 0.3 is 6.09 Å². The van der Waals surface area contributed by atoms with E-state index >= 15 is 0 Å².